The van der Waals surface area contributed by atoms with Crippen molar-refractivity contribution in [3.63, 3.8) is 0 Å². The molecular weight excluding hydrogens is 291 g/mol. The maximum atomic E-state index is 5.89. The van der Waals surface area contributed by atoms with Gasteiger partial charge in [0.15, 0.2) is 0 Å². The number of nitrogen functional groups attached to an aromatic ring is 4. The predicted octanol–water partition coefficient (Wildman–Crippen LogP) is 1.74. The number of nitrogens with two attached hydrogens (primary N) is 4. The molecule has 14 heavy (non-hydrogen) atoms. The van der Waals surface area contributed by atoms with E-state index in [1.807, 2.05) is 13.8 Å². The Kier molecular flexibility index (Phi) is 2.98. The molecular formula is C9H15IN4. The normalized spacial score (nSPS) is 10.9. The minimum atomic E-state index is 0.284. The summed E-state index contributed by atoms with van der Waals surface area (Å²) in [7, 11) is 0. The molecule has 0 spiro atoms. The fourth-order valence-corrected chi connectivity index (χ4v) is 2.59. The minimum Gasteiger partial charge on any atom is -0.397 e. The van der Waals surface area contributed by atoms with Crippen LogP contribution in [0.3, 0.4) is 0 Å². The number of halogens is 1. The van der Waals surface area contributed by atoms with E-state index in [1.54, 1.807) is 0 Å². The summed E-state index contributed by atoms with van der Waals surface area (Å²) in [6.45, 7) is 4.09. The van der Waals surface area contributed by atoms with Crippen LogP contribution in [0.2, 0.25) is 0 Å². The van der Waals surface area contributed by atoms with Crippen LogP contribution in [0.25, 0.3) is 0 Å². The smallest absolute Gasteiger partial charge is 0.0813 e. The van der Waals surface area contributed by atoms with E-state index in [4.69, 9.17) is 22.9 Å². The Hall–Kier alpha value is -0.850. The molecule has 0 amide bonds. The monoisotopic (exact) mass is 306 g/mol. The Balaban J connectivity index is 3.60. The van der Waals surface area contributed by atoms with Gasteiger partial charge in [-0.2, -0.15) is 0 Å². The molecule has 0 aliphatic rings. The minimum absolute atomic E-state index is 0.284. The van der Waals surface area contributed by atoms with Crippen molar-refractivity contribution >= 4 is 45.3 Å². The molecule has 8 N–H and O–H groups in total. The molecule has 1 rings (SSSR count). The lowest BCUT2D eigenvalue weighted by molar-refractivity contribution is 0.865. The zero-order valence-corrected chi connectivity index (χ0v) is 10.4. The van der Waals surface area contributed by atoms with Gasteiger partial charge in [-0.05, 0) is 34.1 Å². The third kappa shape index (κ3) is 1.56. The van der Waals surface area contributed by atoms with Crippen LogP contribution in [-0.2, 0) is 0 Å². The third-order valence-electron chi connectivity index (χ3n) is 2.21. The molecule has 0 aliphatic heterocycles. The fraction of sp³-hybridized carbons (Fsp3) is 0.333. The molecule has 0 aromatic heterocycles. The first kappa shape index (κ1) is 11.2. The lowest BCUT2D eigenvalue weighted by Crippen LogP contribution is -2.10. The molecule has 0 unspecified atom stereocenters. The summed E-state index contributed by atoms with van der Waals surface area (Å²) in [5.74, 6) is 0.284. The zero-order valence-electron chi connectivity index (χ0n) is 8.26. The quantitative estimate of drug-likeness (QED) is 0.468. The maximum Gasteiger partial charge on any atom is 0.0813 e. The average Bonchev–Trinajstić information content (AvgIpc) is 2.11. The third-order valence-corrected chi connectivity index (χ3v) is 3.37. The van der Waals surface area contributed by atoms with Crippen molar-refractivity contribution in [1.82, 2.24) is 0 Å². The van der Waals surface area contributed by atoms with Crippen molar-refractivity contribution in [2.45, 2.75) is 19.8 Å². The SMILES string of the molecule is CC(C)c1c(N)c(N)c(N)c(N)c1I. The first-order valence-electron chi connectivity index (χ1n) is 4.29. The van der Waals surface area contributed by atoms with Crippen molar-refractivity contribution in [3.05, 3.63) is 9.13 Å². The van der Waals surface area contributed by atoms with E-state index < -0.39 is 0 Å². The molecule has 0 atom stereocenters. The Morgan fingerprint density at radius 2 is 1.29 bits per heavy atom. The second-order valence-electron chi connectivity index (χ2n) is 3.54. The second kappa shape index (κ2) is 3.72. The molecule has 4 nitrogen and oxygen atoms in total. The van der Waals surface area contributed by atoms with Crippen molar-refractivity contribution in [2.75, 3.05) is 22.9 Å². The Morgan fingerprint density at radius 3 is 1.71 bits per heavy atom. The zero-order chi connectivity index (χ0) is 11.0. The summed E-state index contributed by atoms with van der Waals surface area (Å²) in [5.41, 5.74) is 26.0. The molecule has 0 aliphatic carbocycles. The number of benzene rings is 1. The van der Waals surface area contributed by atoms with Crippen molar-refractivity contribution in [2.24, 2.45) is 0 Å². The van der Waals surface area contributed by atoms with E-state index in [0.717, 1.165) is 9.13 Å². The predicted molar refractivity (Wildman–Crippen MR) is 70.9 cm³/mol. The second-order valence-corrected chi connectivity index (χ2v) is 4.62. The van der Waals surface area contributed by atoms with Gasteiger partial charge in [0.1, 0.15) is 0 Å². The molecule has 0 fully saturated rings. The van der Waals surface area contributed by atoms with Crippen LogP contribution in [0.15, 0.2) is 0 Å². The highest BCUT2D eigenvalue weighted by Gasteiger charge is 2.17. The van der Waals surface area contributed by atoms with Gasteiger partial charge in [0.2, 0.25) is 0 Å². The Morgan fingerprint density at radius 1 is 0.857 bits per heavy atom. The van der Waals surface area contributed by atoms with E-state index in [9.17, 15) is 0 Å². The van der Waals surface area contributed by atoms with Crippen molar-refractivity contribution < 1.29 is 0 Å². The van der Waals surface area contributed by atoms with Crippen LogP contribution in [0.4, 0.5) is 22.7 Å². The van der Waals surface area contributed by atoms with Gasteiger partial charge in [-0.1, -0.05) is 13.8 Å². The number of hydrogen-bond acceptors (Lipinski definition) is 4. The molecule has 0 radical (unpaired) electrons. The highest BCUT2D eigenvalue weighted by atomic mass is 127. The van der Waals surface area contributed by atoms with Crippen LogP contribution in [0.5, 0.6) is 0 Å². The molecule has 0 saturated heterocycles. The van der Waals surface area contributed by atoms with E-state index in [1.165, 1.54) is 0 Å². The van der Waals surface area contributed by atoms with Crippen molar-refractivity contribution in [3.8, 4) is 0 Å². The van der Waals surface area contributed by atoms with Crippen LogP contribution < -0.4 is 22.9 Å². The van der Waals surface area contributed by atoms with Gasteiger partial charge in [0.05, 0.1) is 22.7 Å². The summed E-state index contributed by atoms with van der Waals surface area (Å²) in [6.07, 6.45) is 0. The van der Waals surface area contributed by atoms with E-state index >= 15 is 0 Å². The van der Waals surface area contributed by atoms with Gasteiger partial charge in [-0.3, -0.25) is 0 Å². The number of hydrogen-bond donors (Lipinski definition) is 4. The van der Waals surface area contributed by atoms with Gasteiger partial charge < -0.3 is 22.9 Å². The van der Waals surface area contributed by atoms with Gasteiger partial charge >= 0.3 is 0 Å². The van der Waals surface area contributed by atoms with Crippen LogP contribution in [-0.4, -0.2) is 0 Å². The van der Waals surface area contributed by atoms with Crippen LogP contribution in [0.1, 0.15) is 25.3 Å². The molecule has 0 saturated carbocycles. The largest absolute Gasteiger partial charge is 0.397 e. The van der Waals surface area contributed by atoms with Gasteiger partial charge in [0.25, 0.3) is 0 Å². The van der Waals surface area contributed by atoms with E-state index in [2.05, 4.69) is 22.6 Å². The highest BCUT2D eigenvalue weighted by Crippen LogP contribution is 2.40. The summed E-state index contributed by atoms with van der Waals surface area (Å²) >= 11 is 2.15. The maximum absolute atomic E-state index is 5.89. The fourth-order valence-electron chi connectivity index (χ4n) is 1.38. The topological polar surface area (TPSA) is 104 Å². The number of anilines is 4. The first-order chi connectivity index (χ1) is 6.37. The van der Waals surface area contributed by atoms with Crippen LogP contribution >= 0.6 is 22.6 Å². The average molecular weight is 306 g/mol. The molecule has 0 heterocycles. The molecule has 1 aromatic rings. The lowest BCUT2D eigenvalue weighted by Gasteiger charge is -2.18. The van der Waals surface area contributed by atoms with E-state index in [-0.39, 0.29) is 5.92 Å². The van der Waals surface area contributed by atoms with Crippen molar-refractivity contribution in [1.29, 1.82) is 0 Å². The highest BCUT2D eigenvalue weighted by molar-refractivity contribution is 14.1. The van der Waals surface area contributed by atoms with Crippen LogP contribution in [0, 0.1) is 3.57 Å². The molecule has 78 valence electrons. The van der Waals surface area contributed by atoms with Gasteiger partial charge in [-0.25, -0.2) is 0 Å². The Labute approximate surface area is 97.1 Å². The first-order valence-corrected chi connectivity index (χ1v) is 5.37. The van der Waals surface area contributed by atoms with Gasteiger partial charge in [0, 0.05) is 3.57 Å². The standard InChI is InChI=1S/C9H15IN4/c1-3(2)4-5(10)7(12)9(14)8(13)6(4)11/h3H,11-14H2,1-2H3. The lowest BCUT2D eigenvalue weighted by atomic mass is 9.98. The van der Waals surface area contributed by atoms with E-state index in [0.29, 0.717) is 22.7 Å². The molecule has 1 aromatic carbocycles. The summed E-state index contributed by atoms with van der Waals surface area (Å²) in [4.78, 5) is 0. The summed E-state index contributed by atoms with van der Waals surface area (Å²) < 4.78 is 0.904. The Bertz CT molecular complexity index is 345. The number of rotatable bonds is 1. The summed E-state index contributed by atoms with van der Waals surface area (Å²) in [6, 6.07) is 0. The van der Waals surface area contributed by atoms with Gasteiger partial charge in [-0.15, -0.1) is 0 Å². The molecule has 0 bridgehead atoms. The molecule has 5 heteroatoms. The summed E-state index contributed by atoms with van der Waals surface area (Å²) in [5, 5.41) is 0.